The van der Waals surface area contributed by atoms with Gasteiger partial charge in [0.1, 0.15) is 0 Å². The fraction of sp³-hybridized carbons (Fsp3) is 0.444. The Morgan fingerprint density at radius 3 is 2.90 bits per heavy atom. The summed E-state index contributed by atoms with van der Waals surface area (Å²) in [5.41, 5.74) is 1.35. The molecule has 1 saturated carbocycles. The molecule has 0 bridgehead atoms. The number of hydrogen-bond donors (Lipinski definition) is 1. The second-order valence-electron chi connectivity index (χ2n) is 6.11. The number of anilines is 1. The van der Waals surface area contributed by atoms with Crippen LogP contribution in [-0.4, -0.2) is 11.7 Å². The molecule has 3 heteroatoms. The molecule has 0 spiro atoms. The molecule has 3 atom stereocenters. The molecule has 0 heterocycles. The number of fused-ring (bicyclic) bond motifs is 1. The average Bonchev–Trinajstić information content (AvgIpc) is 3.10. The van der Waals surface area contributed by atoms with Gasteiger partial charge in [-0.1, -0.05) is 30.7 Å². The standard InChI is InChI=1S/C18H21NO2/c1-12(20)13-7-6-8-14(11-13)19-18(21)17-15-9-4-2-3-5-10-16(15)17/h4,6-9,11,15-17H,2-3,5,10H2,1H3,(H,19,21)/b9-4-. The number of carbonyl (C=O) groups is 2. The Kier molecular flexibility index (Phi) is 3.91. The fourth-order valence-electron chi connectivity index (χ4n) is 3.34. The first-order valence-corrected chi connectivity index (χ1v) is 7.75. The maximum Gasteiger partial charge on any atom is 0.228 e. The SMILES string of the molecule is CC(=O)c1cccc(NC(=O)C2C3/C=C\CCCCC32)c1. The third-order valence-electron chi connectivity index (χ3n) is 4.59. The molecule has 1 aromatic carbocycles. The van der Waals surface area contributed by atoms with Crippen molar-refractivity contribution >= 4 is 17.4 Å². The van der Waals surface area contributed by atoms with Gasteiger partial charge in [-0.05, 0) is 50.2 Å². The zero-order chi connectivity index (χ0) is 14.8. The van der Waals surface area contributed by atoms with Gasteiger partial charge in [0.05, 0.1) is 0 Å². The Morgan fingerprint density at radius 1 is 1.24 bits per heavy atom. The average molecular weight is 283 g/mol. The molecule has 0 radical (unpaired) electrons. The number of allylic oxidation sites excluding steroid dienone is 2. The van der Waals surface area contributed by atoms with Crippen LogP contribution in [-0.2, 0) is 4.79 Å². The van der Waals surface area contributed by atoms with Crippen molar-refractivity contribution < 1.29 is 9.59 Å². The third-order valence-corrected chi connectivity index (χ3v) is 4.59. The highest BCUT2D eigenvalue weighted by atomic mass is 16.2. The number of ketones is 1. The van der Waals surface area contributed by atoms with E-state index in [2.05, 4.69) is 17.5 Å². The van der Waals surface area contributed by atoms with Crippen LogP contribution < -0.4 is 5.32 Å². The summed E-state index contributed by atoms with van der Waals surface area (Å²) in [4.78, 5) is 23.8. The van der Waals surface area contributed by atoms with Gasteiger partial charge in [0.15, 0.2) is 5.78 Å². The zero-order valence-corrected chi connectivity index (χ0v) is 12.3. The number of nitrogens with one attached hydrogen (secondary N) is 1. The predicted octanol–water partition coefficient (Wildman–Crippen LogP) is 3.82. The number of Topliss-reactive ketones (excluding diaryl/α,β-unsaturated/α-hetero) is 1. The molecule has 0 aromatic heterocycles. The quantitative estimate of drug-likeness (QED) is 0.677. The Bertz CT molecular complexity index is 591. The minimum atomic E-state index is 0.0158. The number of rotatable bonds is 3. The maximum atomic E-state index is 12.4. The Balaban J connectivity index is 1.67. The van der Waals surface area contributed by atoms with E-state index in [9.17, 15) is 9.59 Å². The summed E-state index contributed by atoms with van der Waals surface area (Å²) < 4.78 is 0. The topological polar surface area (TPSA) is 46.2 Å². The Hall–Kier alpha value is -1.90. The van der Waals surface area contributed by atoms with E-state index in [0.29, 0.717) is 17.4 Å². The minimum absolute atomic E-state index is 0.0158. The summed E-state index contributed by atoms with van der Waals surface area (Å²) in [6.45, 7) is 1.54. The summed E-state index contributed by atoms with van der Waals surface area (Å²) in [6.07, 6.45) is 9.18. The summed E-state index contributed by atoms with van der Waals surface area (Å²) in [6, 6.07) is 7.17. The van der Waals surface area contributed by atoms with Gasteiger partial charge >= 0.3 is 0 Å². The van der Waals surface area contributed by atoms with Crippen molar-refractivity contribution in [1.29, 1.82) is 0 Å². The van der Waals surface area contributed by atoms with E-state index in [4.69, 9.17) is 0 Å². The van der Waals surface area contributed by atoms with Gasteiger partial charge in [-0.3, -0.25) is 9.59 Å². The summed E-state index contributed by atoms with van der Waals surface area (Å²) >= 11 is 0. The smallest absolute Gasteiger partial charge is 0.228 e. The van der Waals surface area contributed by atoms with Gasteiger partial charge in [0, 0.05) is 17.2 Å². The second kappa shape index (κ2) is 5.84. The molecule has 1 aromatic rings. The van der Waals surface area contributed by atoms with Crippen LogP contribution in [0.4, 0.5) is 5.69 Å². The molecule has 3 nitrogen and oxygen atoms in total. The normalized spacial score (nSPS) is 28.7. The highest BCUT2D eigenvalue weighted by Crippen LogP contribution is 2.51. The Labute approximate surface area is 125 Å². The first-order chi connectivity index (χ1) is 10.2. The molecule has 3 rings (SSSR count). The van der Waals surface area contributed by atoms with Gasteiger partial charge in [-0.25, -0.2) is 0 Å². The van der Waals surface area contributed by atoms with Crippen LogP contribution >= 0.6 is 0 Å². The van der Waals surface area contributed by atoms with Crippen molar-refractivity contribution in [3.63, 3.8) is 0 Å². The predicted molar refractivity (Wildman–Crippen MR) is 83.2 cm³/mol. The lowest BCUT2D eigenvalue weighted by Crippen LogP contribution is -2.15. The van der Waals surface area contributed by atoms with Gasteiger partial charge in [-0.2, -0.15) is 0 Å². The van der Waals surface area contributed by atoms with E-state index in [1.54, 1.807) is 12.1 Å². The van der Waals surface area contributed by atoms with Crippen LogP contribution in [0.25, 0.3) is 0 Å². The van der Waals surface area contributed by atoms with Crippen molar-refractivity contribution in [2.24, 2.45) is 17.8 Å². The van der Waals surface area contributed by atoms with Crippen molar-refractivity contribution in [3.8, 4) is 0 Å². The highest BCUT2D eigenvalue weighted by molar-refractivity contribution is 5.98. The van der Waals surface area contributed by atoms with Gasteiger partial charge in [0.25, 0.3) is 0 Å². The molecule has 1 fully saturated rings. The van der Waals surface area contributed by atoms with Gasteiger partial charge in [-0.15, -0.1) is 0 Å². The third kappa shape index (κ3) is 3.07. The number of amides is 1. The lowest BCUT2D eigenvalue weighted by Gasteiger charge is -2.06. The molecular weight excluding hydrogens is 262 g/mol. The molecule has 21 heavy (non-hydrogen) atoms. The zero-order valence-electron chi connectivity index (χ0n) is 12.3. The molecule has 1 N–H and O–H groups in total. The van der Waals surface area contributed by atoms with E-state index in [1.165, 1.54) is 19.8 Å². The molecule has 0 aliphatic heterocycles. The van der Waals surface area contributed by atoms with E-state index in [0.717, 1.165) is 18.5 Å². The minimum Gasteiger partial charge on any atom is -0.326 e. The summed E-state index contributed by atoms with van der Waals surface area (Å²) in [5, 5.41) is 2.97. The molecular formula is C18H21NO2. The number of benzene rings is 1. The van der Waals surface area contributed by atoms with E-state index in [1.807, 2.05) is 12.1 Å². The maximum absolute atomic E-state index is 12.4. The highest BCUT2D eigenvalue weighted by Gasteiger charge is 2.52. The summed E-state index contributed by atoms with van der Waals surface area (Å²) in [7, 11) is 0. The van der Waals surface area contributed by atoms with E-state index < -0.39 is 0 Å². The first kappa shape index (κ1) is 14.1. The molecule has 2 aliphatic carbocycles. The van der Waals surface area contributed by atoms with Crippen molar-refractivity contribution in [3.05, 3.63) is 42.0 Å². The van der Waals surface area contributed by atoms with Crippen LogP contribution in [0.2, 0.25) is 0 Å². The van der Waals surface area contributed by atoms with E-state index >= 15 is 0 Å². The van der Waals surface area contributed by atoms with Crippen molar-refractivity contribution in [2.45, 2.75) is 32.6 Å². The Morgan fingerprint density at radius 2 is 2.10 bits per heavy atom. The second-order valence-corrected chi connectivity index (χ2v) is 6.11. The lowest BCUT2D eigenvalue weighted by molar-refractivity contribution is -0.117. The van der Waals surface area contributed by atoms with Crippen LogP contribution in [0.5, 0.6) is 0 Å². The van der Waals surface area contributed by atoms with Crippen molar-refractivity contribution in [1.82, 2.24) is 0 Å². The van der Waals surface area contributed by atoms with Gasteiger partial charge in [0.2, 0.25) is 5.91 Å². The fourth-order valence-corrected chi connectivity index (χ4v) is 3.34. The van der Waals surface area contributed by atoms with Crippen LogP contribution in [0, 0.1) is 17.8 Å². The monoisotopic (exact) mass is 283 g/mol. The van der Waals surface area contributed by atoms with Crippen LogP contribution in [0.15, 0.2) is 36.4 Å². The number of carbonyl (C=O) groups excluding carboxylic acids is 2. The van der Waals surface area contributed by atoms with E-state index in [-0.39, 0.29) is 17.6 Å². The summed E-state index contributed by atoms with van der Waals surface area (Å²) in [5.74, 6) is 1.15. The lowest BCUT2D eigenvalue weighted by atomic mass is 10.1. The molecule has 3 unspecified atom stereocenters. The molecule has 2 aliphatic rings. The van der Waals surface area contributed by atoms with Crippen molar-refractivity contribution in [2.75, 3.05) is 5.32 Å². The van der Waals surface area contributed by atoms with Crippen LogP contribution in [0.1, 0.15) is 43.0 Å². The molecule has 110 valence electrons. The number of hydrogen-bond acceptors (Lipinski definition) is 2. The molecule has 0 saturated heterocycles. The van der Waals surface area contributed by atoms with Crippen LogP contribution in [0.3, 0.4) is 0 Å². The first-order valence-electron chi connectivity index (χ1n) is 7.75. The molecule has 1 amide bonds. The van der Waals surface area contributed by atoms with Gasteiger partial charge < -0.3 is 5.32 Å². The largest absolute Gasteiger partial charge is 0.326 e.